The van der Waals surface area contributed by atoms with Crippen LogP contribution in [0.4, 0.5) is 5.69 Å². The van der Waals surface area contributed by atoms with Gasteiger partial charge in [0.1, 0.15) is 6.26 Å². The largest absolute Gasteiger partial charge is 0.397 e. The van der Waals surface area contributed by atoms with Gasteiger partial charge >= 0.3 is 0 Å². The third-order valence-electron chi connectivity index (χ3n) is 1.34. The zero-order valence-electron chi connectivity index (χ0n) is 5.11. The summed E-state index contributed by atoms with van der Waals surface area (Å²) in [7, 11) is 0. The highest BCUT2D eigenvalue weighted by Gasteiger charge is 2.07. The van der Waals surface area contributed by atoms with Crippen LogP contribution in [0.1, 0.15) is 0 Å². The third kappa shape index (κ3) is 0.556. The maximum atomic E-state index is 5.53. The second kappa shape index (κ2) is 1.70. The van der Waals surface area contributed by atoms with E-state index in [0.717, 1.165) is 11.3 Å². The molecule has 0 spiro atoms. The summed E-state index contributed by atoms with van der Waals surface area (Å²) in [6.45, 7) is 0. The number of aromatic nitrogens is 2. The minimum absolute atomic E-state index is 0.626. The Labute approximate surface area is 57.0 Å². The fourth-order valence-electron chi connectivity index (χ4n) is 0.821. The van der Waals surface area contributed by atoms with Crippen LogP contribution in [-0.4, -0.2) is 10.1 Å². The molecule has 0 amide bonds. The Morgan fingerprint density at radius 1 is 1.40 bits per heavy atom. The summed E-state index contributed by atoms with van der Waals surface area (Å²) in [5, 5.41) is 3.53. The molecule has 0 radical (unpaired) electrons. The summed E-state index contributed by atoms with van der Waals surface area (Å²) in [6.07, 6.45) is 4.60. The van der Waals surface area contributed by atoms with Gasteiger partial charge in [-0.25, -0.2) is 0 Å². The molecule has 2 aliphatic rings. The maximum Gasteiger partial charge on any atom is 0.133 e. The molecule has 0 bridgehead atoms. The normalized spacial score (nSPS) is 10.4. The number of rotatable bonds is 0. The molecule has 0 aliphatic carbocycles. The smallest absolute Gasteiger partial charge is 0.133 e. The number of fused-ring (bicyclic) bond motifs is 1. The van der Waals surface area contributed by atoms with E-state index in [1.807, 2.05) is 0 Å². The molecular formula is C6H5N3O. The minimum Gasteiger partial charge on any atom is -0.397 e. The molecule has 2 heterocycles. The SMILES string of the molecule is Nc1cnc2cnocc1-2. The van der Waals surface area contributed by atoms with Crippen LogP contribution < -0.4 is 5.73 Å². The van der Waals surface area contributed by atoms with Crippen LogP contribution >= 0.6 is 0 Å². The van der Waals surface area contributed by atoms with E-state index in [1.165, 1.54) is 12.5 Å². The van der Waals surface area contributed by atoms with E-state index in [0.29, 0.717) is 5.69 Å². The highest BCUT2D eigenvalue weighted by molar-refractivity contribution is 5.73. The van der Waals surface area contributed by atoms with Gasteiger partial charge in [-0.3, -0.25) is 4.98 Å². The third-order valence-corrected chi connectivity index (χ3v) is 1.34. The minimum atomic E-state index is 0.626. The summed E-state index contributed by atoms with van der Waals surface area (Å²) in [4.78, 5) is 3.97. The van der Waals surface area contributed by atoms with Gasteiger partial charge in [0, 0.05) is 0 Å². The Bertz CT molecular complexity index is 317. The molecule has 2 rings (SSSR count). The van der Waals surface area contributed by atoms with Crippen LogP contribution in [0.25, 0.3) is 11.3 Å². The number of nitrogens with two attached hydrogens (primary N) is 1. The molecule has 4 heteroatoms. The van der Waals surface area contributed by atoms with Crippen molar-refractivity contribution in [2.24, 2.45) is 0 Å². The lowest BCUT2D eigenvalue weighted by molar-refractivity contribution is 0.401. The summed E-state index contributed by atoms with van der Waals surface area (Å²) in [6, 6.07) is 0. The van der Waals surface area contributed by atoms with E-state index < -0.39 is 0 Å². The van der Waals surface area contributed by atoms with Gasteiger partial charge in [-0.15, -0.1) is 0 Å². The van der Waals surface area contributed by atoms with Crippen LogP contribution in [0.5, 0.6) is 0 Å². The van der Waals surface area contributed by atoms with Gasteiger partial charge in [0.25, 0.3) is 0 Å². The zero-order chi connectivity index (χ0) is 6.97. The Morgan fingerprint density at radius 2 is 2.30 bits per heavy atom. The van der Waals surface area contributed by atoms with Crippen molar-refractivity contribution in [1.29, 1.82) is 0 Å². The number of hydrogen-bond acceptors (Lipinski definition) is 4. The van der Waals surface area contributed by atoms with Crippen LogP contribution in [0, 0.1) is 0 Å². The fourth-order valence-corrected chi connectivity index (χ4v) is 0.821. The van der Waals surface area contributed by atoms with E-state index >= 15 is 0 Å². The highest BCUT2D eigenvalue weighted by Crippen LogP contribution is 2.24. The van der Waals surface area contributed by atoms with Crippen molar-refractivity contribution in [1.82, 2.24) is 10.1 Å². The molecule has 0 aromatic rings. The van der Waals surface area contributed by atoms with E-state index in [4.69, 9.17) is 5.73 Å². The summed E-state index contributed by atoms with van der Waals surface area (Å²) < 4.78 is 4.66. The molecule has 0 saturated heterocycles. The summed E-state index contributed by atoms with van der Waals surface area (Å²) in [5.41, 5.74) is 7.73. The van der Waals surface area contributed by atoms with Gasteiger partial charge in [-0.05, 0) is 0 Å². The van der Waals surface area contributed by atoms with Crippen molar-refractivity contribution in [2.45, 2.75) is 0 Å². The van der Waals surface area contributed by atoms with Crippen molar-refractivity contribution in [2.75, 3.05) is 5.73 Å². The predicted molar refractivity (Wildman–Crippen MR) is 35.3 cm³/mol. The van der Waals surface area contributed by atoms with Crippen molar-refractivity contribution in [3.8, 4) is 11.3 Å². The second-order valence-corrected chi connectivity index (χ2v) is 1.97. The van der Waals surface area contributed by atoms with Gasteiger partial charge in [-0.1, -0.05) is 5.16 Å². The molecule has 4 nitrogen and oxygen atoms in total. The molecular weight excluding hydrogens is 130 g/mol. The average molecular weight is 135 g/mol. The molecule has 50 valence electrons. The van der Waals surface area contributed by atoms with Crippen LogP contribution in [-0.2, 0) is 0 Å². The Hall–Kier alpha value is -1.58. The van der Waals surface area contributed by atoms with Crippen LogP contribution in [0.3, 0.4) is 0 Å². The monoisotopic (exact) mass is 135 g/mol. The van der Waals surface area contributed by atoms with Gasteiger partial charge in [0.15, 0.2) is 0 Å². The molecule has 0 aromatic heterocycles. The molecule has 0 saturated carbocycles. The van der Waals surface area contributed by atoms with E-state index in [9.17, 15) is 0 Å². The van der Waals surface area contributed by atoms with Crippen molar-refractivity contribution in [3.05, 3.63) is 18.7 Å². The van der Waals surface area contributed by atoms with Crippen LogP contribution in [0.15, 0.2) is 23.2 Å². The predicted octanol–water partition coefficient (Wildman–Crippen LogP) is 0.757. The molecule has 2 N–H and O–H groups in total. The lowest BCUT2D eigenvalue weighted by Gasteiger charge is -1.91. The first-order chi connectivity index (χ1) is 4.88. The summed E-state index contributed by atoms with van der Waals surface area (Å²) in [5.74, 6) is 0. The number of nitrogen functional groups attached to an aromatic ring is 1. The summed E-state index contributed by atoms with van der Waals surface area (Å²) >= 11 is 0. The molecule has 0 aromatic carbocycles. The van der Waals surface area contributed by atoms with E-state index in [-0.39, 0.29) is 0 Å². The second-order valence-electron chi connectivity index (χ2n) is 1.97. The Morgan fingerprint density at radius 3 is 3.10 bits per heavy atom. The maximum absolute atomic E-state index is 5.53. The lowest BCUT2D eigenvalue weighted by Crippen LogP contribution is -1.83. The number of anilines is 1. The van der Waals surface area contributed by atoms with Gasteiger partial charge < -0.3 is 10.3 Å². The first kappa shape index (κ1) is 5.22. The van der Waals surface area contributed by atoms with Crippen molar-refractivity contribution in [3.63, 3.8) is 0 Å². The van der Waals surface area contributed by atoms with Gasteiger partial charge in [0.05, 0.1) is 29.3 Å². The lowest BCUT2D eigenvalue weighted by atomic mass is 10.2. The van der Waals surface area contributed by atoms with E-state index in [1.54, 1.807) is 6.20 Å². The molecule has 0 unspecified atom stereocenters. The highest BCUT2D eigenvalue weighted by atomic mass is 16.4. The van der Waals surface area contributed by atoms with Crippen molar-refractivity contribution < 1.29 is 4.52 Å². The molecule has 10 heavy (non-hydrogen) atoms. The Kier molecular flexibility index (Phi) is 0.887. The van der Waals surface area contributed by atoms with Gasteiger partial charge in [-0.2, -0.15) is 0 Å². The first-order valence-corrected chi connectivity index (χ1v) is 2.81. The average Bonchev–Trinajstić information content (AvgIpc) is 2.34. The molecule has 0 atom stereocenters. The standard InChI is InChI=1S/C6H5N3O/c7-5-1-8-6-2-9-10-3-4(5)6/h1-3H,7H2. The Balaban J connectivity index is 2.78. The number of hydrogen-bond donors (Lipinski definition) is 1. The molecule has 2 aliphatic heterocycles. The fraction of sp³-hybridized carbons (Fsp3) is 0. The number of nitrogens with zero attached hydrogens (tertiary/aromatic N) is 2. The topological polar surface area (TPSA) is 64.9 Å². The van der Waals surface area contributed by atoms with Crippen LogP contribution in [0.2, 0.25) is 0 Å². The quantitative estimate of drug-likeness (QED) is 0.579. The molecule has 0 fully saturated rings. The van der Waals surface area contributed by atoms with Gasteiger partial charge in [0.2, 0.25) is 0 Å². The van der Waals surface area contributed by atoms with Crippen molar-refractivity contribution >= 4 is 5.69 Å². The zero-order valence-corrected chi connectivity index (χ0v) is 5.11. The first-order valence-electron chi connectivity index (χ1n) is 2.81. The van der Waals surface area contributed by atoms with E-state index in [2.05, 4.69) is 14.7 Å².